The van der Waals surface area contributed by atoms with Crippen molar-refractivity contribution in [3.05, 3.63) is 29.8 Å². The molecule has 1 aromatic rings. The quantitative estimate of drug-likeness (QED) is 0.540. The van der Waals surface area contributed by atoms with E-state index in [1.165, 1.54) is 0 Å². The van der Waals surface area contributed by atoms with Crippen LogP contribution in [0.4, 0.5) is 0 Å². The number of hydrogen-bond donors (Lipinski definition) is 1. The lowest BCUT2D eigenvalue weighted by Crippen LogP contribution is -2.60. The van der Waals surface area contributed by atoms with E-state index in [4.69, 9.17) is 37.9 Å². The molecule has 0 saturated carbocycles. The van der Waals surface area contributed by atoms with E-state index in [2.05, 4.69) is 27.7 Å². The van der Waals surface area contributed by atoms with E-state index in [-0.39, 0.29) is 60.5 Å². The summed E-state index contributed by atoms with van der Waals surface area (Å²) in [6.07, 6.45) is 1.52. The third-order valence-electron chi connectivity index (χ3n) is 11.1. The predicted octanol–water partition coefficient (Wildman–Crippen LogP) is 4.39. The van der Waals surface area contributed by atoms with Crippen LogP contribution in [0.5, 0.6) is 5.75 Å². The van der Waals surface area contributed by atoms with E-state index in [0.717, 1.165) is 37.0 Å². The summed E-state index contributed by atoms with van der Waals surface area (Å²) in [7, 11) is 1.66. The fraction of sp³-hybridized carbons (Fsp3) is 0.818. The minimum atomic E-state index is -0.705. The lowest BCUT2D eigenvalue weighted by molar-refractivity contribution is -0.339. The number of aliphatic hydroxyl groups is 1. The number of fused-ring (bicyclic) bond motifs is 4. The minimum Gasteiger partial charge on any atom is -0.497 e. The summed E-state index contributed by atoms with van der Waals surface area (Å²) in [5.41, 5.74) is 0.975. The number of hydrogen-bond acceptors (Lipinski definition) is 9. The maximum atomic E-state index is 11.7. The molecule has 0 aromatic heterocycles. The second kappa shape index (κ2) is 11.6. The molecule has 0 aliphatic carbocycles. The number of aliphatic hydroxyl groups excluding tert-OH is 1. The number of benzene rings is 1. The molecular formula is C33H48O9. The van der Waals surface area contributed by atoms with Crippen LogP contribution in [0.15, 0.2) is 24.3 Å². The van der Waals surface area contributed by atoms with Gasteiger partial charge in [-0.2, -0.15) is 0 Å². The van der Waals surface area contributed by atoms with Crippen LogP contribution in [0.3, 0.4) is 0 Å². The van der Waals surface area contributed by atoms with Gasteiger partial charge in [-0.3, -0.25) is 0 Å². The highest BCUT2D eigenvalue weighted by atomic mass is 16.7. The van der Waals surface area contributed by atoms with Gasteiger partial charge in [0.25, 0.3) is 0 Å². The molecule has 0 radical (unpaired) electrons. The van der Waals surface area contributed by atoms with E-state index in [1.807, 2.05) is 24.3 Å². The van der Waals surface area contributed by atoms with Gasteiger partial charge in [0.15, 0.2) is 12.1 Å². The predicted molar refractivity (Wildman–Crippen MR) is 152 cm³/mol. The molecule has 9 nitrogen and oxygen atoms in total. The van der Waals surface area contributed by atoms with Crippen molar-refractivity contribution in [1.29, 1.82) is 0 Å². The van der Waals surface area contributed by atoms with Crippen molar-refractivity contribution in [1.82, 2.24) is 0 Å². The monoisotopic (exact) mass is 588 g/mol. The molecule has 1 aromatic carbocycles. The van der Waals surface area contributed by atoms with Crippen molar-refractivity contribution in [2.75, 3.05) is 20.3 Å². The zero-order valence-corrected chi connectivity index (χ0v) is 25.6. The fourth-order valence-corrected chi connectivity index (χ4v) is 8.43. The third kappa shape index (κ3) is 5.11. The molecule has 6 aliphatic rings. The zero-order chi connectivity index (χ0) is 29.2. The molecule has 6 saturated heterocycles. The van der Waals surface area contributed by atoms with Crippen LogP contribution in [0.2, 0.25) is 0 Å². The van der Waals surface area contributed by atoms with Gasteiger partial charge in [-0.15, -0.1) is 0 Å². The smallest absolute Gasteiger partial charge is 0.184 e. The first-order valence-corrected chi connectivity index (χ1v) is 16.1. The Morgan fingerprint density at radius 2 is 1.50 bits per heavy atom. The van der Waals surface area contributed by atoms with Crippen molar-refractivity contribution in [2.45, 2.75) is 127 Å². The van der Waals surface area contributed by atoms with Gasteiger partial charge in [-0.25, -0.2) is 0 Å². The first kappa shape index (κ1) is 29.4. The van der Waals surface area contributed by atoms with Gasteiger partial charge < -0.3 is 43.0 Å². The first-order valence-electron chi connectivity index (χ1n) is 16.1. The standard InChI is InChI=1S/C33H48O9/c1-17-13-23-25(38-27-16-36-32(41-24(27)14-17)21-7-9-22(35-5)10-8-21)15-26-29(39-23)19(3)28(34)31-30(40-26)18(2)20(4)33(42-31)11-6-12-37-33/h7-10,17-20,23-32,34H,6,11-16H2,1-5H3/t17-,18+,19+,20+,23+,24-,25-,26+,27+,28+,29-,30-,31+,32?,33-/m1/s1. The molecule has 1 unspecified atom stereocenters. The number of rotatable bonds is 2. The Morgan fingerprint density at radius 3 is 2.21 bits per heavy atom. The Balaban J connectivity index is 1.08. The molecule has 9 heteroatoms. The second-order valence-corrected chi connectivity index (χ2v) is 13.8. The largest absolute Gasteiger partial charge is 0.497 e. The minimum absolute atomic E-state index is 0.0741. The van der Waals surface area contributed by atoms with Crippen LogP contribution in [0.1, 0.15) is 71.7 Å². The van der Waals surface area contributed by atoms with E-state index in [9.17, 15) is 5.11 Å². The molecule has 6 fully saturated rings. The van der Waals surface area contributed by atoms with Gasteiger partial charge in [0.2, 0.25) is 0 Å². The van der Waals surface area contributed by atoms with E-state index >= 15 is 0 Å². The summed E-state index contributed by atoms with van der Waals surface area (Å²) in [5.74, 6) is 0.720. The van der Waals surface area contributed by atoms with Gasteiger partial charge in [0.1, 0.15) is 18.0 Å². The SMILES string of the molecule is COc1ccc(C2OC[C@@H]3O[C@@H]4C[C@@H]5O[C@@H]6[C@@H](C)[C@H](C)[C@@]7(CCCO7)O[C@H]6[C@@H](O)[C@H](C)[C@H]5O[C@H]4C[C@@H](C)C[C@H]3O2)cc1. The molecule has 7 rings (SSSR count). The van der Waals surface area contributed by atoms with Crippen LogP contribution in [0, 0.1) is 23.7 Å². The van der Waals surface area contributed by atoms with E-state index in [1.54, 1.807) is 7.11 Å². The summed E-state index contributed by atoms with van der Waals surface area (Å²) >= 11 is 0. The van der Waals surface area contributed by atoms with Gasteiger partial charge >= 0.3 is 0 Å². The second-order valence-electron chi connectivity index (χ2n) is 13.8. The summed E-state index contributed by atoms with van der Waals surface area (Å²) in [6, 6.07) is 7.85. The van der Waals surface area contributed by atoms with Crippen molar-refractivity contribution >= 4 is 0 Å². The summed E-state index contributed by atoms with van der Waals surface area (Å²) in [6.45, 7) is 9.91. The Labute approximate surface area is 249 Å². The molecule has 6 aliphatic heterocycles. The van der Waals surface area contributed by atoms with Crippen molar-refractivity contribution in [2.24, 2.45) is 23.7 Å². The summed E-state index contributed by atoms with van der Waals surface area (Å²) in [5, 5.41) is 11.7. The average molecular weight is 589 g/mol. The van der Waals surface area contributed by atoms with Crippen LogP contribution in [-0.4, -0.2) is 86.2 Å². The van der Waals surface area contributed by atoms with E-state index in [0.29, 0.717) is 25.6 Å². The zero-order valence-electron chi connectivity index (χ0n) is 25.6. The van der Waals surface area contributed by atoms with Crippen LogP contribution in [0.25, 0.3) is 0 Å². The Bertz CT molecular complexity index is 1080. The molecule has 1 spiro atoms. The Morgan fingerprint density at radius 1 is 0.786 bits per heavy atom. The van der Waals surface area contributed by atoms with E-state index < -0.39 is 24.3 Å². The Kier molecular flexibility index (Phi) is 8.10. The first-order chi connectivity index (χ1) is 20.3. The molecular weight excluding hydrogens is 540 g/mol. The topological polar surface area (TPSA) is 94.1 Å². The molecule has 0 bridgehead atoms. The number of methoxy groups -OCH3 is 1. The van der Waals surface area contributed by atoms with Gasteiger partial charge in [-0.1, -0.05) is 39.8 Å². The maximum Gasteiger partial charge on any atom is 0.184 e. The van der Waals surface area contributed by atoms with Crippen LogP contribution in [-0.2, 0) is 33.2 Å². The lowest BCUT2D eigenvalue weighted by Gasteiger charge is -2.51. The van der Waals surface area contributed by atoms with Gasteiger partial charge in [0, 0.05) is 30.2 Å². The molecule has 234 valence electrons. The average Bonchev–Trinajstić information content (AvgIpc) is 3.43. The molecule has 1 N–H and O–H groups in total. The molecule has 15 atom stereocenters. The molecule has 0 amide bonds. The van der Waals surface area contributed by atoms with Gasteiger partial charge in [-0.05, 0) is 43.2 Å². The summed E-state index contributed by atoms with van der Waals surface area (Å²) in [4.78, 5) is 0. The van der Waals surface area contributed by atoms with Crippen molar-refractivity contribution < 1.29 is 43.0 Å². The Hall–Kier alpha value is -1.30. The van der Waals surface area contributed by atoms with Crippen LogP contribution < -0.4 is 4.74 Å². The van der Waals surface area contributed by atoms with Crippen molar-refractivity contribution in [3.63, 3.8) is 0 Å². The highest BCUT2D eigenvalue weighted by Gasteiger charge is 2.60. The third-order valence-corrected chi connectivity index (χ3v) is 11.1. The fourth-order valence-electron chi connectivity index (χ4n) is 8.43. The lowest BCUT2D eigenvalue weighted by atomic mass is 9.76. The highest BCUT2D eigenvalue weighted by Crippen LogP contribution is 2.50. The maximum absolute atomic E-state index is 11.7. The highest BCUT2D eigenvalue weighted by molar-refractivity contribution is 5.28. The molecule has 42 heavy (non-hydrogen) atoms. The normalized spacial score (nSPS) is 50.8. The summed E-state index contributed by atoms with van der Waals surface area (Å²) < 4.78 is 51.4. The van der Waals surface area contributed by atoms with Crippen molar-refractivity contribution in [3.8, 4) is 5.75 Å². The van der Waals surface area contributed by atoms with Gasteiger partial charge in [0.05, 0.1) is 63.1 Å². The number of ether oxygens (including phenoxy) is 8. The molecule has 6 heterocycles. The van der Waals surface area contributed by atoms with Crippen LogP contribution >= 0.6 is 0 Å².